The molecule has 5 aliphatic heterocycles. The van der Waals surface area contributed by atoms with E-state index in [2.05, 4.69) is 25.5 Å². The van der Waals surface area contributed by atoms with Crippen LogP contribution in [0.3, 0.4) is 0 Å². The van der Waals surface area contributed by atoms with E-state index in [1.54, 1.807) is 0 Å². The summed E-state index contributed by atoms with van der Waals surface area (Å²) in [6.07, 6.45) is -36.6. The molecule has 0 saturated carbocycles. The molecule has 0 aromatic heterocycles. The highest BCUT2D eigenvalue weighted by molar-refractivity contribution is 7.80. The standard InChI is InChI=1S/C38H65N5O28S/c1-10(48)40-20-26(54)30(15(6-45)63-34(20)58)69-38-23(43-13(4)51)29(57)33(18(67-38)9-62-72(59,60)61)71-37-22(42-12(3)50)28(56)32(17(8-47)66-37)70-36-21(41-11(2)49)27(55)31(16(7-46)65-36)68-35-19(39)25(53)24(52)14(5-44)64-35/h14-38,44-47,52-58H,5-9,39H2,1-4H3,(H,40,48)(H,41,49)(H,42,50)(H,43,51)(H,59,60,61). The summed E-state index contributed by atoms with van der Waals surface area (Å²) in [6, 6.07) is -8.42. The van der Waals surface area contributed by atoms with Crippen molar-refractivity contribution in [3.05, 3.63) is 0 Å². The van der Waals surface area contributed by atoms with Crippen molar-refractivity contribution >= 4 is 34.0 Å². The summed E-state index contributed by atoms with van der Waals surface area (Å²) >= 11 is 0. The van der Waals surface area contributed by atoms with Gasteiger partial charge in [-0.25, -0.2) is 4.18 Å². The van der Waals surface area contributed by atoms with E-state index >= 15 is 0 Å². The molecule has 33 nitrogen and oxygen atoms in total. The smallest absolute Gasteiger partial charge is 0.394 e. The van der Waals surface area contributed by atoms with Gasteiger partial charge in [-0.3, -0.25) is 23.7 Å². The lowest BCUT2D eigenvalue weighted by Crippen LogP contribution is -2.72. The highest BCUT2D eigenvalue weighted by Crippen LogP contribution is 2.36. The zero-order chi connectivity index (χ0) is 53.7. The molecule has 0 aromatic rings. The molecule has 4 amide bonds. The summed E-state index contributed by atoms with van der Waals surface area (Å²) in [5.41, 5.74) is 6.01. The maximum absolute atomic E-state index is 12.7. The summed E-state index contributed by atoms with van der Waals surface area (Å²) in [5, 5.41) is 128. The number of aliphatic hydroxyl groups is 11. The van der Waals surface area contributed by atoms with E-state index in [0.717, 1.165) is 27.7 Å². The zero-order valence-corrected chi connectivity index (χ0v) is 39.7. The van der Waals surface area contributed by atoms with Gasteiger partial charge in [-0.15, -0.1) is 0 Å². The molecule has 5 rings (SSSR count). The number of amides is 4. The van der Waals surface area contributed by atoms with Gasteiger partial charge in [0.1, 0.15) is 116 Å². The number of rotatable bonds is 19. The molecule has 0 radical (unpaired) electrons. The molecule has 34 heteroatoms. The first kappa shape index (κ1) is 59.8. The van der Waals surface area contributed by atoms with Crippen LogP contribution in [0.25, 0.3) is 0 Å². The molecule has 5 fully saturated rings. The second kappa shape index (κ2) is 25.6. The van der Waals surface area contributed by atoms with Crippen molar-refractivity contribution < 1.29 is 135 Å². The normalized spacial score (nSPS) is 43.8. The summed E-state index contributed by atoms with van der Waals surface area (Å²) in [7, 11) is -5.32. The molecule has 18 N–H and O–H groups in total. The Morgan fingerprint density at radius 3 is 1.12 bits per heavy atom. The van der Waals surface area contributed by atoms with Crippen molar-refractivity contribution in [3.8, 4) is 0 Å². The Morgan fingerprint density at radius 1 is 0.458 bits per heavy atom. The second-order valence-electron chi connectivity index (χ2n) is 17.5. The van der Waals surface area contributed by atoms with E-state index in [-0.39, 0.29) is 0 Å². The van der Waals surface area contributed by atoms with Crippen molar-refractivity contribution in [2.45, 2.75) is 181 Å². The van der Waals surface area contributed by atoms with Crippen molar-refractivity contribution in [1.29, 1.82) is 0 Å². The van der Waals surface area contributed by atoms with Crippen LogP contribution in [0.15, 0.2) is 0 Å². The zero-order valence-electron chi connectivity index (χ0n) is 38.9. The molecule has 5 saturated heterocycles. The van der Waals surface area contributed by atoms with Gasteiger partial charge in [0.05, 0.1) is 39.1 Å². The Hall–Kier alpha value is -3.09. The van der Waals surface area contributed by atoms with Gasteiger partial charge in [0, 0.05) is 27.7 Å². The first-order valence-corrected chi connectivity index (χ1v) is 23.7. The van der Waals surface area contributed by atoms with E-state index in [1.165, 1.54) is 0 Å². The first-order valence-electron chi connectivity index (χ1n) is 22.3. The van der Waals surface area contributed by atoms with Gasteiger partial charge in [-0.05, 0) is 0 Å². The Bertz CT molecular complexity index is 1930. The third-order valence-corrected chi connectivity index (χ3v) is 12.6. The van der Waals surface area contributed by atoms with Crippen LogP contribution in [0, 0.1) is 0 Å². The van der Waals surface area contributed by atoms with Crippen LogP contribution < -0.4 is 27.0 Å². The van der Waals surface area contributed by atoms with E-state index in [1.807, 2.05) is 0 Å². The largest absolute Gasteiger partial charge is 0.397 e. The van der Waals surface area contributed by atoms with Gasteiger partial charge in [-0.2, -0.15) is 8.42 Å². The highest BCUT2D eigenvalue weighted by Gasteiger charge is 2.57. The molecule has 0 spiro atoms. The van der Waals surface area contributed by atoms with Crippen LogP contribution in [0.1, 0.15) is 27.7 Å². The van der Waals surface area contributed by atoms with E-state index < -0.39 is 220 Å². The third kappa shape index (κ3) is 14.2. The topological polar surface area (TPSA) is 512 Å². The van der Waals surface area contributed by atoms with Gasteiger partial charge in [0.2, 0.25) is 23.6 Å². The number of nitrogens with one attached hydrogen (secondary N) is 4. The van der Waals surface area contributed by atoms with Gasteiger partial charge in [0.25, 0.3) is 0 Å². The van der Waals surface area contributed by atoms with Gasteiger partial charge in [0.15, 0.2) is 31.5 Å². The summed E-state index contributed by atoms with van der Waals surface area (Å²) in [4.78, 5) is 49.7. The number of ether oxygens (including phenoxy) is 9. The molecule has 5 aliphatic rings. The maximum atomic E-state index is 12.7. The Kier molecular flexibility index (Phi) is 21.3. The molecular weight excluding hydrogens is 1010 g/mol. The van der Waals surface area contributed by atoms with Gasteiger partial charge in [-0.1, -0.05) is 0 Å². The predicted molar refractivity (Wildman–Crippen MR) is 225 cm³/mol. The molecular formula is C38H65N5O28S. The molecule has 0 aromatic carbocycles. The fourth-order valence-corrected chi connectivity index (χ4v) is 9.15. The van der Waals surface area contributed by atoms with Crippen LogP contribution in [0.4, 0.5) is 0 Å². The Balaban J connectivity index is 1.44. The lowest BCUT2D eigenvalue weighted by Gasteiger charge is -2.51. The van der Waals surface area contributed by atoms with Crippen molar-refractivity contribution in [2.75, 3.05) is 33.0 Å². The predicted octanol–water partition coefficient (Wildman–Crippen LogP) is -11.6. The quantitative estimate of drug-likeness (QED) is 0.0534. The van der Waals surface area contributed by atoms with E-state index in [9.17, 15) is 88.3 Å². The van der Waals surface area contributed by atoms with E-state index in [4.69, 9.17) is 48.4 Å². The average molecular weight is 1070 g/mol. The van der Waals surface area contributed by atoms with E-state index in [0.29, 0.717) is 0 Å². The number of hydrogen-bond acceptors (Lipinski definition) is 28. The number of carbonyl (C=O) groups is 4. The van der Waals surface area contributed by atoms with Crippen LogP contribution in [-0.2, 0) is 76.4 Å². The van der Waals surface area contributed by atoms with Gasteiger partial charge < -0.3 is 126 Å². The van der Waals surface area contributed by atoms with Crippen molar-refractivity contribution in [3.63, 3.8) is 0 Å². The molecule has 5 heterocycles. The summed E-state index contributed by atoms with van der Waals surface area (Å²) in [5.74, 6) is -3.30. The lowest BCUT2D eigenvalue weighted by atomic mass is 9.93. The molecule has 72 heavy (non-hydrogen) atoms. The summed E-state index contributed by atoms with van der Waals surface area (Å²) < 4.78 is 90.2. The molecule has 416 valence electrons. The van der Waals surface area contributed by atoms with Crippen LogP contribution in [-0.4, -0.2) is 279 Å². The number of nitrogens with two attached hydrogens (primary N) is 1. The van der Waals surface area contributed by atoms with Gasteiger partial charge >= 0.3 is 10.4 Å². The fraction of sp³-hybridized carbons (Fsp3) is 0.895. The summed E-state index contributed by atoms with van der Waals surface area (Å²) in [6.45, 7) is -0.976. The highest BCUT2D eigenvalue weighted by atomic mass is 32.3. The molecule has 0 aliphatic carbocycles. The Labute approximate surface area is 409 Å². The molecule has 25 unspecified atom stereocenters. The van der Waals surface area contributed by atoms with Crippen molar-refractivity contribution in [2.24, 2.45) is 5.73 Å². The average Bonchev–Trinajstić information content (AvgIpc) is 3.30. The number of carbonyl (C=O) groups excluding carboxylic acids is 4. The van der Waals surface area contributed by atoms with Crippen LogP contribution in [0.5, 0.6) is 0 Å². The maximum Gasteiger partial charge on any atom is 0.397 e. The number of hydrogen-bond donors (Lipinski definition) is 17. The Morgan fingerprint density at radius 2 is 0.764 bits per heavy atom. The first-order chi connectivity index (χ1) is 33.7. The minimum absolute atomic E-state index is 0.745. The van der Waals surface area contributed by atoms with Crippen LogP contribution >= 0.6 is 0 Å². The van der Waals surface area contributed by atoms with Crippen LogP contribution in [0.2, 0.25) is 0 Å². The SMILES string of the molecule is CC(=O)NC1C(O)OC(CO)C(OC2OC(COS(=O)(=O)O)C(OC3OC(CO)C(OC4OC(CO)C(OC5OC(CO)C(O)C(O)C5N)C(O)C4NC(C)=O)C(O)C3NC(C)=O)C(O)C2NC(C)=O)C1O. The minimum Gasteiger partial charge on any atom is -0.394 e. The molecule has 0 bridgehead atoms. The second-order valence-corrected chi connectivity index (χ2v) is 18.6. The fourth-order valence-electron chi connectivity index (χ4n) is 8.84. The molecule has 25 atom stereocenters. The third-order valence-electron chi connectivity index (χ3n) is 12.2. The monoisotopic (exact) mass is 1070 g/mol. The number of aliphatic hydroxyl groups excluding tert-OH is 11. The van der Waals surface area contributed by atoms with Crippen molar-refractivity contribution in [1.82, 2.24) is 21.3 Å². The minimum atomic E-state index is -5.32. The lowest BCUT2D eigenvalue weighted by molar-refractivity contribution is -0.366.